The maximum absolute atomic E-state index is 12.6. The number of rotatable bonds is 3. The van der Waals surface area contributed by atoms with Crippen molar-refractivity contribution in [2.75, 3.05) is 0 Å². The molecule has 4 aliphatic carbocycles. The molecule has 9 heteroatoms. The van der Waals surface area contributed by atoms with Crippen molar-refractivity contribution in [3.05, 3.63) is 0 Å². The van der Waals surface area contributed by atoms with Gasteiger partial charge < -0.3 is 14.9 Å². The summed E-state index contributed by atoms with van der Waals surface area (Å²) in [7, 11) is 0. The van der Waals surface area contributed by atoms with Gasteiger partial charge in [0.1, 0.15) is 0 Å². The monoisotopic (exact) mass is 344 g/mol. The van der Waals surface area contributed by atoms with E-state index in [1.54, 1.807) is 0 Å². The second kappa shape index (κ2) is 4.78. The van der Waals surface area contributed by atoms with Crippen LogP contribution >= 0.6 is 0 Å². The standard InChI is InChI=1S/C14H17F5O4/c15-9(16)8(14(17,18)19)23-10(20)11-1-7-2-12(21,4-11)6-13(22,3-7)5-11/h7-9,21-22H,1-6H2. The molecular formula is C14H17F5O4. The molecule has 0 saturated heterocycles. The summed E-state index contributed by atoms with van der Waals surface area (Å²) in [5.41, 5.74) is -4.24. The highest BCUT2D eigenvalue weighted by Crippen LogP contribution is 2.63. The van der Waals surface area contributed by atoms with Gasteiger partial charge in [-0.2, -0.15) is 13.2 Å². The predicted octanol–water partition coefficient (Wildman–Crippen LogP) is 2.17. The number of halogens is 5. The highest BCUT2D eigenvalue weighted by atomic mass is 19.4. The van der Waals surface area contributed by atoms with E-state index in [9.17, 15) is 37.0 Å². The van der Waals surface area contributed by atoms with Gasteiger partial charge >= 0.3 is 12.1 Å². The smallest absolute Gasteiger partial charge is 0.431 e. The Balaban J connectivity index is 1.85. The second-order valence-corrected chi connectivity index (χ2v) is 7.44. The summed E-state index contributed by atoms with van der Waals surface area (Å²) in [5.74, 6) is -1.63. The summed E-state index contributed by atoms with van der Waals surface area (Å²) in [4.78, 5) is 12.3. The molecule has 0 heterocycles. The van der Waals surface area contributed by atoms with Crippen LogP contribution in [0, 0.1) is 11.3 Å². The number of aliphatic hydroxyl groups is 2. The fourth-order valence-corrected chi connectivity index (χ4v) is 5.07. The molecule has 0 spiro atoms. The van der Waals surface area contributed by atoms with Gasteiger partial charge in [0, 0.05) is 6.42 Å². The Morgan fingerprint density at radius 2 is 1.57 bits per heavy atom. The van der Waals surface area contributed by atoms with Crippen molar-refractivity contribution in [3.63, 3.8) is 0 Å². The zero-order chi connectivity index (χ0) is 17.3. The number of hydrogen-bond acceptors (Lipinski definition) is 4. The molecule has 4 nitrogen and oxygen atoms in total. The number of alkyl halides is 5. The minimum atomic E-state index is -5.38. The van der Waals surface area contributed by atoms with E-state index in [1.165, 1.54) is 0 Å². The minimum absolute atomic E-state index is 0.0447. The molecule has 3 atom stereocenters. The van der Waals surface area contributed by atoms with Crippen LogP contribution in [-0.2, 0) is 9.53 Å². The Bertz CT molecular complexity index is 502. The fraction of sp³-hybridized carbons (Fsp3) is 0.929. The Morgan fingerprint density at radius 1 is 1.04 bits per heavy atom. The molecule has 4 fully saturated rings. The molecule has 0 amide bonds. The van der Waals surface area contributed by atoms with E-state index >= 15 is 0 Å². The first kappa shape index (κ1) is 16.9. The van der Waals surface area contributed by atoms with Crippen LogP contribution in [0.15, 0.2) is 0 Å². The third-order valence-corrected chi connectivity index (χ3v) is 5.23. The number of carbonyl (C=O) groups excluding carboxylic acids is 1. The van der Waals surface area contributed by atoms with Gasteiger partial charge in [-0.25, -0.2) is 8.78 Å². The maximum Gasteiger partial charge on any atom is 0.431 e. The topological polar surface area (TPSA) is 66.8 Å². The van der Waals surface area contributed by atoms with Crippen molar-refractivity contribution in [2.24, 2.45) is 11.3 Å². The number of hydrogen-bond donors (Lipinski definition) is 2. The molecule has 4 rings (SSSR count). The Kier molecular flexibility index (Phi) is 3.51. The van der Waals surface area contributed by atoms with E-state index in [0.29, 0.717) is 12.8 Å². The van der Waals surface area contributed by atoms with Crippen molar-refractivity contribution in [3.8, 4) is 0 Å². The average Bonchev–Trinajstić information content (AvgIpc) is 2.28. The SMILES string of the molecule is O=C(OC(C(F)F)C(F)(F)F)C12CC3CC(O)(CC(O)(C3)C1)C2. The Morgan fingerprint density at radius 3 is 1.96 bits per heavy atom. The lowest BCUT2D eigenvalue weighted by molar-refractivity contribution is -0.269. The maximum atomic E-state index is 12.6. The van der Waals surface area contributed by atoms with Crippen LogP contribution < -0.4 is 0 Å². The minimum Gasteiger partial charge on any atom is -0.446 e. The summed E-state index contributed by atoms with van der Waals surface area (Å²) in [5, 5.41) is 20.9. The lowest BCUT2D eigenvalue weighted by Gasteiger charge is -2.62. The molecule has 0 aromatic rings. The molecule has 3 unspecified atom stereocenters. The first-order chi connectivity index (χ1) is 10.4. The lowest BCUT2D eigenvalue weighted by Crippen LogP contribution is -2.65. The van der Waals surface area contributed by atoms with E-state index in [0.717, 1.165) is 0 Å². The van der Waals surface area contributed by atoms with Crippen LogP contribution in [0.3, 0.4) is 0 Å². The normalized spacial score (nSPS) is 43.7. The lowest BCUT2D eigenvalue weighted by atomic mass is 9.46. The third kappa shape index (κ3) is 2.82. The average molecular weight is 344 g/mol. The van der Waals surface area contributed by atoms with Gasteiger partial charge in [0.25, 0.3) is 12.5 Å². The number of ether oxygens (including phenoxy) is 1. The van der Waals surface area contributed by atoms with Crippen LogP contribution in [0.25, 0.3) is 0 Å². The summed E-state index contributed by atoms with van der Waals surface area (Å²) < 4.78 is 67.1. The first-order valence-electron chi connectivity index (χ1n) is 7.37. The van der Waals surface area contributed by atoms with Crippen LogP contribution in [0.5, 0.6) is 0 Å². The zero-order valence-electron chi connectivity index (χ0n) is 12.1. The summed E-state index contributed by atoms with van der Waals surface area (Å²) in [6.07, 6.45) is -12.2. The quantitative estimate of drug-likeness (QED) is 0.608. The summed E-state index contributed by atoms with van der Waals surface area (Å²) >= 11 is 0. The molecular weight excluding hydrogens is 327 g/mol. The van der Waals surface area contributed by atoms with Gasteiger partial charge in [-0.15, -0.1) is 0 Å². The van der Waals surface area contributed by atoms with Crippen LogP contribution in [0.1, 0.15) is 38.5 Å². The fourth-order valence-electron chi connectivity index (χ4n) is 5.07. The van der Waals surface area contributed by atoms with Crippen molar-refractivity contribution in [1.29, 1.82) is 0 Å². The molecule has 0 aromatic heterocycles. The Labute approximate surface area is 128 Å². The zero-order valence-corrected chi connectivity index (χ0v) is 12.1. The molecule has 4 saturated carbocycles. The van der Waals surface area contributed by atoms with Crippen molar-refractivity contribution >= 4 is 5.97 Å². The van der Waals surface area contributed by atoms with Crippen molar-refractivity contribution in [1.82, 2.24) is 0 Å². The van der Waals surface area contributed by atoms with E-state index in [4.69, 9.17) is 0 Å². The van der Waals surface area contributed by atoms with Gasteiger partial charge in [-0.3, -0.25) is 4.79 Å². The van der Waals surface area contributed by atoms with Crippen LogP contribution in [0.2, 0.25) is 0 Å². The summed E-state index contributed by atoms with van der Waals surface area (Å²) in [6, 6.07) is 0. The molecule has 0 aromatic carbocycles. The van der Waals surface area contributed by atoms with Gasteiger partial charge in [0.15, 0.2) is 0 Å². The van der Waals surface area contributed by atoms with Gasteiger partial charge in [0.05, 0.1) is 16.6 Å². The van der Waals surface area contributed by atoms with Gasteiger partial charge in [0.2, 0.25) is 0 Å². The molecule has 2 N–H and O–H groups in total. The van der Waals surface area contributed by atoms with Crippen LogP contribution in [-0.4, -0.2) is 46.1 Å². The third-order valence-electron chi connectivity index (χ3n) is 5.23. The number of carbonyl (C=O) groups is 1. The van der Waals surface area contributed by atoms with E-state index in [1.807, 2.05) is 0 Å². The van der Waals surface area contributed by atoms with Crippen molar-refractivity contribution in [2.45, 2.75) is 68.4 Å². The second-order valence-electron chi connectivity index (χ2n) is 7.44. The van der Waals surface area contributed by atoms with Crippen molar-refractivity contribution < 1.29 is 41.7 Å². The Hall–Kier alpha value is -0.960. The largest absolute Gasteiger partial charge is 0.446 e. The van der Waals surface area contributed by atoms with Gasteiger partial charge in [-0.05, 0) is 38.0 Å². The first-order valence-corrected chi connectivity index (χ1v) is 7.37. The van der Waals surface area contributed by atoms with Gasteiger partial charge in [-0.1, -0.05) is 0 Å². The van der Waals surface area contributed by atoms with E-state index in [-0.39, 0.29) is 31.6 Å². The van der Waals surface area contributed by atoms with E-state index < -0.39 is 41.3 Å². The molecule has 0 radical (unpaired) electrons. The molecule has 4 aliphatic rings. The molecule has 23 heavy (non-hydrogen) atoms. The highest BCUT2D eigenvalue weighted by Gasteiger charge is 2.66. The van der Waals surface area contributed by atoms with Crippen LogP contribution in [0.4, 0.5) is 22.0 Å². The summed E-state index contributed by atoms with van der Waals surface area (Å²) in [6.45, 7) is 0. The number of esters is 1. The predicted molar refractivity (Wildman–Crippen MR) is 65.5 cm³/mol. The molecule has 0 aliphatic heterocycles. The molecule has 132 valence electrons. The molecule has 4 bridgehead atoms. The highest BCUT2D eigenvalue weighted by molar-refractivity contribution is 5.78. The van der Waals surface area contributed by atoms with E-state index in [2.05, 4.69) is 4.74 Å².